The number of aromatic amines is 1. The lowest BCUT2D eigenvalue weighted by Gasteiger charge is -2.25. The van der Waals surface area contributed by atoms with Gasteiger partial charge in [0.05, 0.1) is 0 Å². The van der Waals surface area contributed by atoms with Gasteiger partial charge >= 0.3 is 0 Å². The van der Waals surface area contributed by atoms with E-state index in [4.69, 9.17) is 0 Å². The fourth-order valence-corrected chi connectivity index (χ4v) is 3.58. The van der Waals surface area contributed by atoms with Crippen LogP contribution in [0.1, 0.15) is 48.7 Å². The second kappa shape index (κ2) is 8.29. The summed E-state index contributed by atoms with van der Waals surface area (Å²) in [5.74, 6) is -0.621. The second-order valence-corrected chi connectivity index (χ2v) is 7.00. The predicted molar refractivity (Wildman–Crippen MR) is 107 cm³/mol. The SMILES string of the molecule is CCCCc1[nH]c(=O)c(C(=O)N2CCCC2)c(O)c1N(C)c1ccccc1. The van der Waals surface area contributed by atoms with Gasteiger partial charge in [-0.1, -0.05) is 31.5 Å². The fourth-order valence-electron chi connectivity index (χ4n) is 3.58. The molecule has 0 spiro atoms. The summed E-state index contributed by atoms with van der Waals surface area (Å²) in [6.45, 7) is 3.32. The van der Waals surface area contributed by atoms with Gasteiger partial charge in [0.1, 0.15) is 11.3 Å². The zero-order valence-electron chi connectivity index (χ0n) is 16.0. The Kier molecular flexibility index (Phi) is 5.84. The quantitative estimate of drug-likeness (QED) is 0.818. The van der Waals surface area contributed by atoms with Gasteiger partial charge in [0.2, 0.25) is 0 Å². The number of hydrogen-bond acceptors (Lipinski definition) is 4. The van der Waals surface area contributed by atoms with E-state index in [1.807, 2.05) is 42.3 Å². The van der Waals surface area contributed by atoms with Gasteiger partial charge in [-0.25, -0.2) is 0 Å². The third-order valence-electron chi connectivity index (χ3n) is 5.10. The smallest absolute Gasteiger partial charge is 0.264 e. The lowest BCUT2D eigenvalue weighted by atomic mass is 10.1. The third-order valence-corrected chi connectivity index (χ3v) is 5.10. The number of amides is 1. The molecule has 3 rings (SSSR count). The molecule has 1 aliphatic rings. The first kappa shape index (κ1) is 19.0. The average Bonchev–Trinajstić information content (AvgIpc) is 3.21. The largest absolute Gasteiger partial charge is 0.505 e. The summed E-state index contributed by atoms with van der Waals surface area (Å²) in [5, 5.41) is 11.0. The Hall–Kier alpha value is -2.76. The molecular formula is C21H27N3O3. The number of carbonyl (C=O) groups excluding carboxylic acids is 1. The van der Waals surface area contributed by atoms with E-state index < -0.39 is 11.5 Å². The van der Waals surface area contributed by atoms with Crippen molar-refractivity contribution in [3.8, 4) is 5.75 Å². The Morgan fingerprint density at radius 2 is 1.89 bits per heavy atom. The van der Waals surface area contributed by atoms with Crippen molar-refractivity contribution >= 4 is 17.3 Å². The molecule has 2 aromatic rings. The van der Waals surface area contributed by atoms with E-state index in [2.05, 4.69) is 11.9 Å². The molecule has 144 valence electrons. The van der Waals surface area contributed by atoms with Crippen LogP contribution in [0.4, 0.5) is 11.4 Å². The van der Waals surface area contributed by atoms with Crippen LogP contribution >= 0.6 is 0 Å². The highest BCUT2D eigenvalue weighted by molar-refractivity contribution is 5.99. The van der Waals surface area contributed by atoms with Crippen molar-refractivity contribution in [2.24, 2.45) is 0 Å². The summed E-state index contributed by atoms with van der Waals surface area (Å²) in [6.07, 6.45) is 4.33. The van der Waals surface area contributed by atoms with E-state index >= 15 is 0 Å². The average molecular weight is 369 g/mol. The highest BCUT2D eigenvalue weighted by Crippen LogP contribution is 2.36. The number of unbranched alkanes of at least 4 members (excludes halogenated alkanes) is 1. The van der Waals surface area contributed by atoms with Crippen LogP contribution in [0.5, 0.6) is 5.75 Å². The Labute approximate surface area is 159 Å². The number of nitrogens with one attached hydrogen (secondary N) is 1. The van der Waals surface area contributed by atoms with Crippen LogP contribution in [0.25, 0.3) is 0 Å². The summed E-state index contributed by atoms with van der Waals surface area (Å²) in [4.78, 5) is 31.8. The number of likely N-dealkylation sites (tertiary alicyclic amines) is 1. The maximum Gasteiger partial charge on any atom is 0.264 e. The van der Waals surface area contributed by atoms with Crippen molar-refractivity contribution in [3.63, 3.8) is 0 Å². The van der Waals surface area contributed by atoms with Gasteiger partial charge in [0, 0.05) is 31.5 Å². The number of pyridine rings is 1. The van der Waals surface area contributed by atoms with Crippen LogP contribution < -0.4 is 10.5 Å². The molecule has 1 aromatic carbocycles. The molecule has 2 N–H and O–H groups in total. The van der Waals surface area contributed by atoms with Crippen LogP contribution in [0.3, 0.4) is 0 Å². The molecule has 6 nitrogen and oxygen atoms in total. The van der Waals surface area contributed by atoms with Gasteiger partial charge < -0.3 is 19.9 Å². The Balaban J connectivity index is 2.11. The minimum Gasteiger partial charge on any atom is -0.505 e. The summed E-state index contributed by atoms with van der Waals surface area (Å²) in [5.41, 5.74) is 1.35. The van der Waals surface area contributed by atoms with E-state index in [1.54, 1.807) is 4.90 Å². The molecule has 2 heterocycles. The number of para-hydroxylation sites is 1. The molecule has 0 unspecified atom stereocenters. The number of anilines is 2. The minimum absolute atomic E-state index is 0.157. The number of hydrogen-bond donors (Lipinski definition) is 2. The molecule has 1 aromatic heterocycles. The molecule has 0 radical (unpaired) electrons. The fraction of sp³-hybridized carbons (Fsp3) is 0.429. The molecule has 1 fully saturated rings. The van der Waals surface area contributed by atoms with Gasteiger partial charge in [-0.3, -0.25) is 9.59 Å². The Bertz CT molecular complexity index is 855. The van der Waals surface area contributed by atoms with Crippen LogP contribution in [0, 0.1) is 0 Å². The van der Waals surface area contributed by atoms with E-state index in [9.17, 15) is 14.7 Å². The lowest BCUT2D eigenvalue weighted by molar-refractivity contribution is 0.0788. The summed E-state index contributed by atoms with van der Waals surface area (Å²) >= 11 is 0. The molecule has 0 bridgehead atoms. The number of rotatable bonds is 6. The minimum atomic E-state index is -0.513. The first-order valence-corrected chi connectivity index (χ1v) is 9.60. The van der Waals surface area contributed by atoms with Crippen molar-refractivity contribution in [2.45, 2.75) is 39.0 Å². The maximum absolute atomic E-state index is 12.9. The summed E-state index contributed by atoms with van der Waals surface area (Å²) in [7, 11) is 1.84. The molecule has 1 saturated heterocycles. The van der Waals surface area contributed by atoms with Gasteiger partial charge in [-0.2, -0.15) is 0 Å². The topological polar surface area (TPSA) is 76.6 Å². The number of aromatic hydroxyl groups is 1. The van der Waals surface area contributed by atoms with Crippen molar-refractivity contribution in [3.05, 3.63) is 51.9 Å². The van der Waals surface area contributed by atoms with Crippen LogP contribution in [-0.2, 0) is 6.42 Å². The van der Waals surface area contributed by atoms with Gasteiger partial charge in [0.25, 0.3) is 11.5 Å². The number of nitrogens with zero attached hydrogens (tertiary/aromatic N) is 2. The van der Waals surface area contributed by atoms with Crippen molar-refractivity contribution < 1.29 is 9.90 Å². The molecule has 1 amide bonds. The number of carbonyl (C=O) groups is 1. The Morgan fingerprint density at radius 1 is 1.22 bits per heavy atom. The van der Waals surface area contributed by atoms with Crippen LogP contribution in [-0.4, -0.2) is 41.0 Å². The van der Waals surface area contributed by atoms with E-state index in [-0.39, 0.29) is 11.3 Å². The predicted octanol–water partition coefficient (Wildman–Crippen LogP) is 3.43. The molecule has 0 atom stereocenters. The van der Waals surface area contributed by atoms with Crippen molar-refractivity contribution in [2.75, 3.05) is 25.0 Å². The molecular weight excluding hydrogens is 342 g/mol. The first-order chi connectivity index (χ1) is 13.0. The molecule has 6 heteroatoms. The normalized spacial score (nSPS) is 13.8. The zero-order chi connectivity index (χ0) is 19.4. The van der Waals surface area contributed by atoms with Gasteiger partial charge in [0.15, 0.2) is 5.75 Å². The number of benzene rings is 1. The van der Waals surface area contributed by atoms with Gasteiger partial charge in [-0.15, -0.1) is 0 Å². The second-order valence-electron chi connectivity index (χ2n) is 7.00. The first-order valence-electron chi connectivity index (χ1n) is 9.60. The van der Waals surface area contributed by atoms with E-state index in [0.717, 1.165) is 31.4 Å². The van der Waals surface area contributed by atoms with Crippen LogP contribution in [0.2, 0.25) is 0 Å². The molecule has 0 saturated carbocycles. The summed E-state index contributed by atoms with van der Waals surface area (Å²) < 4.78 is 0. The number of aryl methyl sites for hydroxylation is 1. The highest BCUT2D eigenvalue weighted by Gasteiger charge is 2.29. The third kappa shape index (κ3) is 3.84. The molecule has 1 aliphatic heterocycles. The van der Waals surface area contributed by atoms with E-state index in [1.165, 1.54) is 0 Å². The maximum atomic E-state index is 12.9. The molecule has 0 aliphatic carbocycles. The standard InChI is InChI=1S/C21H27N3O3/c1-3-4-12-16-18(23(2)15-10-6-5-7-11-15)19(25)17(20(26)22-16)21(27)24-13-8-9-14-24/h5-7,10-11H,3-4,8-9,12-14H2,1-2H3,(H2,22,25,26). The Morgan fingerprint density at radius 3 is 2.52 bits per heavy atom. The monoisotopic (exact) mass is 369 g/mol. The molecule has 27 heavy (non-hydrogen) atoms. The lowest BCUT2D eigenvalue weighted by Crippen LogP contribution is -2.33. The van der Waals surface area contributed by atoms with Gasteiger partial charge in [-0.05, 0) is 37.8 Å². The summed E-state index contributed by atoms with van der Waals surface area (Å²) in [6, 6.07) is 9.60. The number of H-pyrrole nitrogens is 1. The zero-order valence-corrected chi connectivity index (χ0v) is 16.0. The highest BCUT2D eigenvalue weighted by atomic mass is 16.3. The van der Waals surface area contributed by atoms with Crippen molar-refractivity contribution in [1.29, 1.82) is 0 Å². The van der Waals surface area contributed by atoms with E-state index in [0.29, 0.717) is 30.9 Å². The van der Waals surface area contributed by atoms with Crippen LogP contribution in [0.15, 0.2) is 35.1 Å². The van der Waals surface area contributed by atoms with Crippen molar-refractivity contribution in [1.82, 2.24) is 9.88 Å². The number of aromatic nitrogens is 1.